The number of nitrogens with zero attached hydrogens (tertiary/aromatic N) is 1. The molecule has 1 aromatic rings. The Morgan fingerprint density at radius 2 is 2.04 bits per heavy atom. The topological polar surface area (TPSA) is 30.9 Å². The van der Waals surface area contributed by atoms with E-state index in [4.69, 9.17) is 14.0 Å². The van der Waals surface area contributed by atoms with Crippen LogP contribution in [0, 0.1) is 0 Å². The Morgan fingerprint density at radius 3 is 2.70 bits per heavy atom. The first-order valence-corrected chi connectivity index (χ1v) is 8.67. The van der Waals surface area contributed by atoms with Crippen molar-refractivity contribution in [3.8, 4) is 0 Å². The summed E-state index contributed by atoms with van der Waals surface area (Å²) in [6.45, 7) is 11.8. The van der Waals surface area contributed by atoms with Crippen LogP contribution in [-0.4, -0.2) is 46.1 Å². The van der Waals surface area contributed by atoms with Gasteiger partial charge < -0.3 is 18.9 Å². The van der Waals surface area contributed by atoms with Crippen LogP contribution in [0.2, 0.25) is 0 Å². The van der Waals surface area contributed by atoms with Crippen LogP contribution >= 0.6 is 0 Å². The van der Waals surface area contributed by atoms with E-state index in [1.54, 1.807) is 7.11 Å². The standard InChI is InChI=1S/C18H30BNO3/c1-6-18(3,4)23-19(22-7-2)16-8-9-17-15(14-16)10-11-20(17)12-13-21-5/h8-9,14H,6-7,10-13H2,1-5H3. The molecule has 1 aliphatic heterocycles. The van der Waals surface area contributed by atoms with Crippen molar-refractivity contribution in [2.75, 3.05) is 38.3 Å². The van der Waals surface area contributed by atoms with Crippen LogP contribution in [0.25, 0.3) is 0 Å². The first kappa shape index (κ1) is 18.3. The van der Waals surface area contributed by atoms with E-state index in [2.05, 4.69) is 43.9 Å². The Labute approximate surface area is 141 Å². The average molecular weight is 319 g/mol. The molecule has 0 aliphatic carbocycles. The zero-order valence-electron chi connectivity index (χ0n) is 15.2. The van der Waals surface area contributed by atoms with Crippen LogP contribution in [0.15, 0.2) is 18.2 Å². The number of hydrogen-bond acceptors (Lipinski definition) is 4. The molecule has 0 atom stereocenters. The highest BCUT2D eigenvalue weighted by Gasteiger charge is 2.30. The van der Waals surface area contributed by atoms with Crippen LogP contribution in [-0.2, 0) is 20.5 Å². The van der Waals surface area contributed by atoms with E-state index in [0.717, 1.165) is 38.0 Å². The van der Waals surface area contributed by atoms with Crippen LogP contribution < -0.4 is 10.4 Å². The molecular weight excluding hydrogens is 289 g/mol. The van der Waals surface area contributed by atoms with Gasteiger partial charge in [-0.15, -0.1) is 0 Å². The van der Waals surface area contributed by atoms with E-state index in [-0.39, 0.29) is 12.7 Å². The zero-order chi connectivity index (χ0) is 16.9. The molecule has 128 valence electrons. The predicted octanol–water partition coefficient (Wildman–Crippen LogP) is 2.63. The molecule has 1 aromatic carbocycles. The summed E-state index contributed by atoms with van der Waals surface area (Å²) in [7, 11) is 1.45. The quantitative estimate of drug-likeness (QED) is 0.655. The van der Waals surface area contributed by atoms with Gasteiger partial charge in [0.05, 0.1) is 6.61 Å². The number of benzene rings is 1. The molecule has 0 saturated carbocycles. The van der Waals surface area contributed by atoms with E-state index in [1.165, 1.54) is 11.3 Å². The maximum Gasteiger partial charge on any atom is 0.494 e. The third-order valence-electron chi connectivity index (χ3n) is 4.53. The summed E-state index contributed by atoms with van der Waals surface area (Å²) in [5, 5.41) is 0. The molecule has 0 unspecified atom stereocenters. The summed E-state index contributed by atoms with van der Waals surface area (Å²) in [6.07, 6.45) is 2.02. The number of anilines is 1. The van der Waals surface area contributed by atoms with Gasteiger partial charge in [-0.1, -0.05) is 19.1 Å². The molecule has 0 amide bonds. The minimum atomic E-state index is -0.298. The monoisotopic (exact) mass is 319 g/mol. The van der Waals surface area contributed by atoms with Crippen molar-refractivity contribution in [3.05, 3.63) is 23.8 Å². The molecule has 0 radical (unpaired) electrons. The molecule has 0 spiro atoms. The molecule has 5 heteroatoms. The van der Waals surface area contributed by atoms with Crippen LogP contribution in [0.3, 0.4) is 0 Å². The van der Waals surface area contributed by atoms with Crippen molar-refractivity contribution in [2.24, 2.45) is 0 Å². The normalized spacial score (nSPS) is 14.2. The molecule has 0 saturated heterocycles. The Balaban J connectivity index is 2.16. The van der Waals surface area contributed by atoms with E-state index >= 15 is 0 Å². The highest BCUT2D eigenvalue weighted by atomic mass is 16.6. The maximum absolute atomic E-state index is 6.21. The summed E-state index contributed by atoms with van der Waals surface area (Å²) >= 11 is 0. The van der Waals surface area contributed by atoms with Gasteiger partial charge in [-0.3, -0.25) is 0 Å². The molecular formula is C18H30BNO3. The zero-order valence-corrected chi connectivity index (χ0v) is 15.2. The number of methoxy groups -OCH3 is 1. The number of ether oxygens (including phenoxy) is 1. The fraction of sp³-hybridized carbons (Fsp3) is 0.667. The minimum Gasteiger partial charge on any atom is -0.408 e. The van der Waals surface area contributed by atoms with E-state index in [0.29, 0.717) is 6.61 Å². The second-order valence-corrected chi connectivity index (χ2v) is 6.64. The van der Waals surface area contributed by atoms with Crippen molar-refractivity contribution in [1.29, 1.82) is 0 Å². The van der Waals surface area contributed by atoms with Crippen molar-refractivity contribution in [3.63, 3.8) is 0 Å². The highest BCUT2D eigenvalue weighted by molar-refractivity contribution is 6.61. The Kier molecular flexibility index (Phi) is 6.51. The lowest BCUT2D eigenvalue weighted by Gasteiger charge is -2.28. The Bertz CT molecular complexity index is 507. The molecule has 0 fully saturated rings. The van der Waals surface area contributed by atoms with Gasteiger partial charge >= 0.3 is 7.12 Å². The van der Waals surface area contributed by atoms with E-state index in [9.17, 15) is 0 Å². The maximum atomic E-state index is 6.21. The molecule has 2 rings (SSSR count). The van der Waals surface area contributed by atoms with Crippen LogP contribution in [0.5, 0.6) is 0 Å². The predicted molar refractivity (Wildman–Crippen MR) is 96.7 cm³/mol. The molecule has 1 aliphatic rings. The van der Waals surface area contributed by atoms with Gasteiger partial charge in [-0.25, -0.2) is 0 Å². The Hall–Kier alpha value is -1.04. The number of rotatable bonds is 9. The van der Waals surface area contributed by atoms with Crippen molar-refractivity contribution in [2.45, 2.75) is 46.1 Å². The van der Waals surface area contributed by atoms with Gasteiger partial charge in [0.1, 0.15) is 0 Å². The van der Waals surface area contributed by atoms with Crippen molar-refractivity contribution >= 4 is 18.3 Å². The summed E-state index contributed by atoms with van der Waals surface area (Å²) in [5.74, 6) is 0. The summed E-state index contributed by atoms with van der Waals surface area (Å²) in [4.78, 5) is 2.38. The van der Waals surface area contributed by atoms with Crippen molar-refractivity contribution < 1.29 is 14.0 Å². The van der Waals surface area contributed by atoms with Gasteiger partial charge in [0.2, 0.25) is 0 Å². The average Bonchev–Trinajstić information content (AvgIpc) is 2.94. The summed E-state index contributed by atoms with van der Waals surface area (Å²) in [5.41, 5.74) is 3.61. The molecule has 0 N–H and O–H groups in total. The van der Waals surface area contributed by atoms with Gasteiger partial charge in [-0.05, 0) is 50.7 Å². The van der Waals surface area contributed by atoms with Crippen molar-refractivity contribution in [1.82, 2.24) is 0 Å². The minimum absolute atomic E-state index is 0.191. The fourth-order valence-corrected chi connectivity index (χ4v) is 2.79. The van der Waals surface area contributed by atoms with Crippen LogP contribution in [0.4, 0.5) is 5.69 Å². The lowest BCUT2D eigenvalue weighted by molar-refractivity contribution is 0.0706. The first-order chi connectivity index (χ1) is 11.0. The van der Waals surface area contributed by atoms with Gasteiger partial charge in [0.15, 0.2) is 0 Å². The smallest absolute Gasteiger partial charge is 0.408 e. The molecule has 0 aromatic heterocycles. The molecule has 4 nitrogen and oxygen atoms in total. The van der Waals surface area contributed by atoms with E-state index in [1.807, 2.05) is 6.92 Å². The first-order valence-electron chi connectivity index (χ1n) is 8.67. The SMILES string of the molecule is CCOB(OC(C)(C)CC)c1ccc2c(c1)CCN2CCOC. The number of fused-ring (bicyclic) bond motifs is 1. The van der Waals surface area contributed by atoms with Gasteiger partial charge in [-0.2, -0.15) is 0 Å². The second kappa shape index (κ2) is 8.18. The van der Waals surface area contributed by atoms with Gasteiger partial charge in [0, 0.05) is 38.1 Å². The highest BCUT2D eigenvalue weighted by Crippen LogP contribution is 2.27. The summed E-state index contributed by atoms with van der Waals surface area (Å²) < 4.78 is 17.3. The summed E-state index contributed by atoms with van der Waals surface area (Å²) in [6, 6.07) is 6.58. The molecule has 1 heterocycles. The van der Waals surface area contributed by atoms with Gasteiger partial charge in [0.25, 0.3) is 0 Å². The Morgan fingerprint density at radius 1 is 1.26 bits per heavy atom. The van der Waals surface area contributed by atoms with Crippen LogP contribution in [0.1, 0.15) is 39.7 Å². The molecule has 0 bridgehead atoms. The third-order valence-corrected chi connectivity index (χ3v) is 4.53. The fourth-order valence-electron chi connectivity index (χ4n) is 2.79. The third kappa shape index (κ3) is 4.72. The molecule has 23 heavy (non-hydrogen) atoms. The lowest BCUT2D eigenvalue weighted by atomic mass is 9.76. The number of hydrogen-bond donors (Lipinski definition) is 0. The second-order valence-electron chi connectivity index (χ2n) is 6.64. The lowest BCUT2D eigenvalue weighted by Crippen LogP contribution is -2.43. The van der Waals surface area contributed by atoms with E-state index < -0.39 is 0 Å². The largest absolute Gasteiger partial charge is 0.494 e.